The third kappa shape index (κ3) is 2.70. The first-order valence-electron chi connectivity index (χ1n) is 6.12. The third-order valence-corrected chi connectivity index (χ3v) is 4.18. The van der Waals surface area contributed by atoms with E-state index in [4.69, 9.17) is 10.5 Å². The molecular formula is C14H16BrN3O2. The number of nitrogens with two attached hydrogens (primary N) is 1. The average Bonchev–Trinajstić information content (AvgIpc) is 2.64. The number of carbonyl (C=O) groups excluding carboxylic acids is 1. The molecule has 0 radical (unpaired) electrons. The van der Waals surface area contributed by atoms with E-state index in [1.165, 1.54) is 0 Å². The van der Waals surface area contributed by atoms with Crippen molar-refractivity contribution in [1.29, 1.82) is 0 Å². The molecule has 0 unspecified atom stereocenters. The fourth-order valence-electron chi connectivity index (χ4n) is 1.91. The number of nitrogen functional groups attached to an aromatic ring is 1. The Morgan fingerprint density at radius 3 is 2.75 bits per heavy atom. The van der Waals surface area contributed by atoms with Gasteiger partial charge in [-0.25, -0.2) is 4.79 Å². The number of para-hydroxylation sites is 1. The summed E-state index contributed by atoms with van der Waals surface area (Å²) in [6.07, 6.45) is 0. The molecule has 106 valence electrons. The topological polar surface area (TPSA) is 70.1 Å². The van der Waals surface area contributed by atoms with Crippen molar-refractivity contribution in [1.82, 2.24) is 9.78 Å². The molecule has 2 aromatic rings. The number of anilines is 1. The lowest BCUT2D eigenvalue weighted by Crippen LogP contribution is -2.11. The van der Waals surface area contributed by atoms with Crippen LogP contribution in [0.3, 0.4) is 0 Å². The Bertz CT molecular complexity index is 665. The number of esters is 1. The summed E-state index contributed by atoms with van der Waals surface area (Å²) < 4.78 is 7.85. The Hall–Kier alpha value is -1.82. The molecule has 0 atom stereocenters. The lowest BCUT2D eigenvalue weighted by atomic mass is 10.1. The van der Waals surface area contributed by atoms with Crippen molar-refractivity contribution in [2.24, 2.45) is 7.05 Å². The van der Waals surface area contributed by atoms with Gasteiger partial charge in [-0.2, -0.15) is 5.10 Å². The number of nitrogens with zero attached hydrogens (tertiary/aromatic N) is 2. The van der Waals surface area contributed by atoms with Crippen molar-refractivity contribution in [3.8, 4) is 0 Å². The number of halogens is 1. The van der Waals surface area contributed by atoms with E-state index in [1.807, 2.05) is 27.0 Å². The van der Waals surface area contributed by atoms with Crippen LogP contribution in [-0.2, 0) is 18.4 Å². The molecular weight excluding hydrogens is 322 g/mol. The van der Waals surface area contributed by atoms with E-state index in [0.717, 1.165) is 21.4 Å². The van der Waals surface area contributed by atoms with Gasteiger partial charge in [0.1, 0.15) is 6.61 Å². The molecule has 0 bridgehead atoms. The fraction of sp³-hybridized carbons (Fsp3) is 0.286. The first-order valence-corrected chi connectivity index (χ1v) is 6.91. The second-order valence-electron chi connectivity index (χ2n) is 4.58. The summed E-state index contributed by atoms with van der Waals surface area (Å²) in [6.45, 7) is 3.88. The van der Waals surface area contributed by atoms with E-state index in [1.54, 1.807) is 16.8 Å². The van der Waals surface area contributed by atoms with E-state index in [0.29, 0.717) is 11.3 Å². The zero-order valence-corrected chi connectivity index (χ0v) is 13.2. The van der Waals surface area contributed by atoms with Crippen LogP contribution < -0.4 is 5.73 Å². The van der Waals surface area contributed by atoms with Crippen LogP contribution in [0.1, 0.15) is 27.3 Å². The maximum Gasteiger partial charge on any atom is 0.340 e. The van der Waals surface area contributed by atoms with Gasteiger partial charge in [0, 0.05) is 12.7 Å². The Morgan fingerprint density at radius 1 is 1.45 bits per heavy atom. The van der Waals surface area contributed by atoms with Crippen molar-refractivity contribution >= 4 is 27.6 Å². The molecule has 20 heavy (non-hydrogen) atoms. The molecule has 1 aromatic carbocycles. The first kappa shape index (κ1) is 14.6. The van der Waals surface area contributed by atoms with Crippen LogP contribution >= 0.6 is 15.9 Å². The smallest absolute Gasteiger partial charge is 0.340 e. The maximum absolute atomic E-state index is 12.1. The highest BCUT2D eigenvalue weighted by molar-refractivity contribution is 9.10. The Morgan fingerprint density at radius 2 is 2.15 bits per heavy atom. The summed E-state index contributed by atoms with van der Waals surface area (Å²) in [5.74, 6) is -0.433. The Labute approximate surface area is 125 Å². The van der Waals surface area contributed by atoms with Crippen molar-refractivity contribution < 1.29 is 9.53 Å². The van der Waals surface area contributed by atoms with Crippen LogP contribution in [0.15, 0.2) is 22.7 Å². The number of aromatic nitrogens is 2. The van der Waals surface area contributed by atoms with Gasteiger partial charge in [0.25, 0.3) is 0 Å². The predicted molar refractivity (Wildman–Crippen MR) is 80.4 cm³/mol. The van der Waals surface area contributed by atoms with Crippen LogP contribution in [0.2, 0.25) is 0 Å². The molecule has 5 nitrogen and oxygen atoms in total. The summed E-state index contributed by atoms with van der Waals surface area (Å²) in [5, 5.41) is 4.25. The number of rotatable bonds is 3. The number of carbonyl (C=O) groups is 1. The molecule has 1 aromatic heterocycles. The van der Waals surface area contributed by atoms with Gasteiger partial charge in [-0.1, -0.05) is 12.1 Å². The van der Waals surface area contributed by atoms with Crippen LogP contribution in [0, 0.1) is 13.8 Å². The van der Waals surface area contributed by atoms with Gasteiger partial charge in [0.15, 0.2) is 0 Å². The zero-order chi connectivity index (χ0) is 14.9. The van der Waals surface area contributed by atoms with Gasteiger partial charge >= 0.3 is 5.97 Å². The van der Waals surface area contributed by atoms with Crippen molar-refractivity contribution in [2.75, 3.05) is 5.73 Å². The van der Waals surface area contributed by atoms with Crippen LogP contribution in [0.25, 0.3) is 0 Å². The minimum Gasteiger partial charge on any atom is -0.455 e. The van der Waals surface area contributed by atoms with Crippen LogP contribution in [0.5, 0.6) is 0 Å². The number of benzene rings is 1. The minimum absolute atomic E-state index is 0.143. The van der Waals surface area contributed by atoms with Crippen LogP contribution in [0.4, 0.5) is 5.69 Å². The molecule has 2 rings (SSSR count). The molecule has 0 aliphatic rings. The van der Waals surface area contributed by atoms with Crippen molar-refractivity contribution in [3.05, 3.63) is 45.2 Å². The molecule has 6 heteroatoms. The standard InChI is InChI=1S/C14H16BrN3O2/c1-8-5-4-6-10(13(8)16)14(19)20-7-11-12(15)9(2)17-18(11)3/h4-6H,7,16H2,1-3H3. The number of aryl methyl sites for hydroxylation is 3. The fourth-order valence-corrected chi connectivity index (χ4v) is 2.36. The lowest BCUT2D eigenvalue weighted by Gasteiger charge is -2.09. The summed E-state index contributed by atoms with van der Waals surface area (Å²) in [7, 11) is 1.81. The normalized spacial score (nSPS) is 10.6. The molecule has 0 saturated carbocycles. The predicted octanol–water partition coefficient (Wildman–Crippen LogP) is 2.74. The number of ether oxygens (including phenoxy) is 1. The average molecular weight is 338 g/mol. The quantitative estimate of drug-likeness (QED) is 0.690. The van der Waals surface area contributed by atoms with Crippen LogP contribution in [-0.4, -0.2) is 15.7 Å². The summed E-state index contributed by atoms with van der Waals surface area (Å²) in [4.78, 5) is 12.1. The van der Waals surface area contributed by atoms with E-state index >= 15 is 0 Å². The van der Waals surface area contributed by atoms with E-state index in [-0.39, 0.29) is 6.61 Å². The highest BCUT2D eigenvalue weighted by atomic mass is 79.9. The van der Waals surface area contributed by atoms with Gasteiger partial charge in [0.2, 0.25) is 0 Å². The van der Waals surface area contributed by atoms with E-state index < -0.39 is 5.97 Å². The molecule has 0 amide bonds. The Kier molecular flexibility index (Phi) is 4.13. The Balaban J connectivity index is 2.15. The molecule has 1 heterocycles. The third-order valence-electron chi connectivity index (χ3n) is 3.15. The van der Waals surface area contributed by atoms with Crippen molar-refractivity contribution in [3.63, 3.8) is 0 Å². The van der Waals surface area contributed by atoms with Gasteiger partial charge in [-0.05, 0) is 41.4 Å². The molecule has 0 aliphatic carbocycles. The second-order valence-corrected chi connectivity index (χ2v) is 5.37. The first-order chi connectivity index (χ1) is 9.41. The second kappa shape index (κ2) is 5.66. The molecule has 2 N–H and O–H groups in total. The highest BCUT2D eigenvalue weighted by Crippen LogP contribution is 2.22. The molecule has 0 spiro atoms. The van der Waals surface area contributed by atoms with Crippen molar-refractivity contribution in [2.45, 2.75) is 20.5 Å². The molecule has 0 saturated heterocycles. The number of hydrogen-bond acceptors (Lipinski definition) is 4. The monoisotopic (exact) mass is 337 g/mol. The highest BCUT2D eigenvalue weighted by Gasteiger charge is 2.16. The van der Waals surface area contributed by atoms with E-state index in [2.05, 4.69) is 21.0 Å². The van der Waals surface area contributed by atoms with Gasteiger partial charge < -0.3 is 10.5 Å². The largest absolute Gasteiger partial charge is 0.455 e. The van der Waals surface area contributed by atoms with Gasteiger partial charge in [0.05, 0.1) is 21.4 Å². The van der Waals surface area contributed by atoms with Gasteiger partial charge in [-0.3, -0.25) is 4.68 Å². The molecule has 0 fully saturated rings. The summed E-state index contributed by atoms with van der Waals surface area (Å²) in [5.41, 5.74) is 9.25. The summed E-state index contributed by atoms with van der Waals surface area (Å²) in [6, 6.07) is 5.30. The molecule has 0 aliphatic heterocycles. The minimum atomic E-state index is -0.433. The van der Waals surface area contributed by atoms with Gasteiger partial charge in [-0.15, -0.1) is 0 Å². The zero-order valence-electron chi connectivity index (χ0n) is 11.6. The lowest BCUT2D eigenvalue weighted by molar-refractivity contribution is 0.0464. The number of hydrogen-bond donors (Lipinski definition) is 1. The van der Waals surface area contributed by atoms with E-state index in [9.17, 15) is 4.79 Å². The maximum atomic E-state index is 12.1. The summed E-state index contributed by atoms with van der Waals surface area (Å²) >= 11 is 3.43. The SMILES string of the molecule is Cc1cccc(C(=O)OCc2c(Br)c(C)nn2C)c1N.